The predicted molar refractivity (Wildman–Crippen MR) is 100 cm³/mol. The molecule has 7 heteroatoms. The molecule has 0 radical (unpaired) electrons. The van der Waals surface area contributed by atoms with Crippen molar-refractivity contribution in [2.45, 2.75) is 19.3 Å². The van der Waals surface area contributed by atoms with Crippen molar-refractivity contribution in [1.82, 2.24) is 0 Å². The second-order valence-electron chi connectivity index (χ2n) is 6.19. The van der Waals surface area contributed by atoms with Crippen molar-refractivity contribution in [3.8, 4) is 5.75 Å². The van der Waals surface area contributed by atoms with Crippen LogP contribution in [-0.2, 0) is 16.0 Å². The number of carbonyl (C=O) groups excluding carboxylic acids is 2. The van der Waals surface area contributed by atoms with Gasteiger partial charge in [-0.15, -0.1) is 0 Å². The van der Waals surface area contributed by atoms with Crippen molar-refractivity contribution in [3.63, 3.8) is 0 Å². The topological polar surface area (TPSA) is 95.9 Å². The summed E-state index contributed by atoms with van der Waals surface area (Å²) >= 11 is 0. The van der Waals surface area contributed by atoms with Gasteiger partial charge in [-0.25, -0.2) is 4.79 Å². The number of amides is 2. The zero-order valence-electron chi connectivity index (χ0n) is 14.9. The van der Waals surface area contributed by atoms with Crippen LogP contribution < -0.4 is 15.0 Å². The molecular weight excluding hydrogens is 348 g/mol. The normalized spacial score (nSPS) is 13.1. The van der Waals surface area contributed by atoms with E-state index < -0.39 is 5.97 Å². The molecule has 27 heavy (non-hydrogen) atoms. The number of aromatic carboxylic acids is 1. The number of benzene rings is 2. The first-order valence-electron chi connectivity index (χ1n) is 8.59. The summed E-state index contributed by atoms with van der Waals surface area (Å²) in [6.07, 6.45) is 1.28. The highest BCUT2D eigenvalue weighted by atomic mass is 16.5. The van der Waals surface area contributed by atoms with Crippen LogP contribution in [0.3, 0.4) is 0 Å². The summed E-state index contributed by atoms with van der Waals surface area (Å²) < 4.78 is 5.05. The monoisotopic (exact) mass is 368 g/mol. The van der Waals surface area contributed by atoms with Crippen LogP contribution >= 0.6 is 0 Å². The lowest BCUT2D eigenvalue weighted by Gasteiger charge is -2.29. The molecule has 2 aromatic carbocycles. The minimum Gasteiger partial charge on any atom is -0.496 e. The largest absolute Gasteiger partial charge is 0.496 e. The van der Waals surface area contributed by atoms with E-state index in [1.54, 1.807) is 4.90 Å². The van der Waals surface area contributed by atoms with Crippen LogP contribution in [0.1, 0.15) is 28.8 Å². The lowest BCUT2D eigenvalue weighted by molar-refractivity contribution is -0.119. The molecule has 2 amide bonds. The Balaban J connectivity index is 1.65. The van der Waals surface area contributed by atoms with Gasteiger partial charge in [-0.3, -0.25) is 9.59 Å². The summed E-state index contributed by atoms with van der Waals surface area (Å²) in [5.74, 6) is -1.20. The van der Waals surface area contributed by atoms with Gasteiger partial charge in [0.15, 0.2) is 0 Å². The quantitative estimate of drug-likeness (QED) is 0.817. The first-order chi connectivity index (χ1) is 13.0. The third kappa shape index (κ3) is 4.08. The predicted octanol–water partition coefficient (Wildman–Crippen LogP) is 2.70. The molecule has 1 heterocycles. The molecule has 3 rings (SSSR count). The van der Waals surface area contributed by atoms with Gasteiger partial charge < -0.3 is 20.1 Å². The third-order valence-corrected chi connectivity index (χ3v) is 4.47. The van der Waals surface area contributed by atoms with Gasteiger partial charge in [0.2, 0.25) is 11.8 Å². The number of hydrogen-bond donors (Lipinski definition) is 2. The first kappa shape index (κ1) is 18.4. The lowest BCUT2D eigenvalue weighted by Crippen LogP contribution is -2.37. The summed E-state index contributed by atoms with van der Waals surface area (Å²) in [5.41, 5.74) is 2.42. The second-order valence-corrected chi connectivity index (χ2v) is 6.19. The van der Waals surface area contributed by atoms with E-state index in [2.05, 4.69) is 5.32 Å². The highest BCUT2D eigenvalue weighted by Gasteiger charge is 2.24. The van der Waals surface area contributed by atoms with Crippen LogP contribution in [0.5, 0.6) is 5.75 Å². The summed E-state index contributed by atoms with van der Waals surface area (Å²) in [5, 5.41) is 11.8. The molecule has 0 aliphatic carbocycles. The molecule has 0 atom stereocenters. The van der Waals surface area contributed by atoms with Crippen LogP contribution in [-0.4, -0.2) is 36.5 Å². The Morgan fingerprint density at radius 3 is 2.70 bits per heavy atom. The number of ether oxygens (including phenoxy) is 1. The van der Waals surface area contributed by atoms with Crippen LogP contribution in [0, 0.1) is 0 Å². The Kier molecular flexibility index (Phi) is 5.40. The van der Waals surface area contributed by atoms with Gasteiger partial charge in [-0.05, 0) is 30.2 Å². The molecule has 0 saturated heterocycles. The molecule has 2 N–H and O–H groups in total. The SMILES string of the molecule is COc1cc(NC(=O)CCN2C(=O)CCc3ccccc32)ccc1C(=O)O. The fourth-order valence-electron chi connectivity index (χ4n) is 3.12. The van der Waals surface area contributed by atoms with Crippen LogP contribution in [0.2, 0.25) is 0 Å². The van der Waals surface area contributed by atoms with Crippen molar-refractivity contribution < 1.29 is 24.2 Å². The molecule has 0 saturated carbocycles. The standard InChI is InChI=1S/C20H20N2O5/c1-27-17-12-14(7-8-15(17)20(25)26)21-18(23)10-11-22-16-5-3-2-4-13(16)6-9-19(22)24/h2-5,7-8,12H,6,9-11H2,1H3,(H,21,23)(H,25,26). The average Bonchev–Trinajstić information content (AvgIpc) is 2.66. The summed E-state index contributed by atoms with van der Waals surface area (Å²) in [6.45, 7) is 0.284. The number of fused-ring (bicyclic) bond motifs is 1. The number of nitrogens with one attached hydrogen (secondary N) is 1. The third-order valence-electron chi connectivity index (χ3n) is 4.47. The smallest absolute Gasteiger partial charge is 0.339 e. The molecule has 1 aliphatic heterocycles. The Morgan fingerprint density at radius 1 is 1.19 bits per heavy atom. The Bertz CT molecular complexity index is 894. The fraction of sp³-hybridized carbons (Fsp3) is 0.250. The van der Waals surface area contributed by atoms with Crippen LogP contribution in [0.25, 0.3) is 0 Å². The van der Waals surface area contributed by atoms with Crippen molar-refractivity contribution in [2.75, 3.05) is 23.9 Å². The van der Waals surface area contributed by atoms with Crippen LogP contribution in [0.15, 0.2) is 42.5 Å². The van der Waals surface area contributed by atoms with Crippen molar-refractivity contribution in [3.05, 3.63) is 53.6 Å². The number of aryl methyl sites for hydroxylation is 1. The molecule has 0 aromatic heterocycles. The molecule has 0 bridgehead atoms. The molecule has 140 valence electrons. The fourth-order valence-corrected chi connectivity index (χ4v) is 3.12. The molecule has 1 aliphatic rings. The average molecular weight is 368 g/mol. The Labute approximate surface area is 156 Å². The lowest BCUT2D eigenvalue weighted by atomic mass is 10.0. The van der Waals surface area contributed by atoms with Gasteiger partial charge >= 0.3 is 5.97 Å². The van der Waals surface area contributed by atoms with E-state index in [0.29, 0.717) is 18.5 Å². The number of nitrogens with zero attached hydrogens (tertiary/aromatic N) is 1. The maximum absolute atomic E-state index is 12.3. The number of anilines is 2. The number of methoxy groups -OCH3 is 1. The zero-order chi connectivity index (χ0) is 19.4. The molecule has 0 unspecified atom stereocenters. The Hall–Kier alpha value is -3.35. The zero-order valence-corrected chi connectivity index (χ0v) is 14.9. The molecule has 0 fully saturated rings. The van der Waals surface area contributed by atoms with E-state index in [1.807, 2.05) is 24.3 Å². The van der Waals surface area contributed by atoms with Gasteiger partial charge in [-0.2, -0.15) is 0 Å². The number of para-hydroxylation sites is 1. The summed E-state index contributed by atoms with van der Waals surface area (Å²) in [7, 11) is 1.37. The highest BCUT2D eigenvalue weighted by molar-refractivity contribution is 5.98. The van der Waals surface area contributed by atoms with Crippen molar-refractivity contribution >= 4 is 29.2 Å². The number of hydrogen-bond acceptors (Lipinski definition) is 4. The van der Waals surface area contributed by atoms with Gasteiger partial charge in [0.25, 0.3) is 0 Å². The van der Waals surface area contributed by atoms with E-state index in [-0.39, 0.29) is 36.1 Å². The molecule has 7 nitrogen and oxygen atoms in total. The summed E-state index contributed by atoms with van der Waals surface area (Å²) in [6, 6.07) is 12.0. The maximum atomic E-state index is 12.3. The van der Waals surface area contributed by atoms with Gasteiger partial charge in [0.1, 0.15) is 11.3 Å². The van der Waals surface area contributed by atoms with E-state index >= 15 is 0 Å². The summed E-state index contributed by atoms with van der Waals surface area (Å²) in [4.78, 5) is 37.3. The second kappa shape index (κ2) is 7.90. The molecule has 0 spiro atoms. The maximum Gasteiger partial charge on any atom is 0.339 e. The van der Waals surface area contributed by atoms with Gasteiger partial charge in [0.05, 0.1) is 7.11 Å². The number of rotatable bonds is 6. The first-order valence-corrected chi connectivity index (χ1v) is 8.59. The number of carbonyl (C=O) groups is 3. The molecule has 2 aromatic rings. The Morgan fingerprint density at radius 2 is 1.96 bits per heavy atom. The van der Waals surface area contributed by atoms with Gasteiger partial charge in [-0.1, -0.05) is 18.2 Å². The molecular formula is C20H20N2O5. The van der Waals surface area contributed by atoms with Crippen molar-refractivity contribution in [2.24, 2.45) is 0 Å². The number of carboxylic acids is 1. The number of carboxylic acid groups (broad SMARTS) is 1. The highest BCUT2D eigenvalue weighted by Crippen LogP contribution is 2.28. The van der Waals surface area contributed by atoms with Gasteiger partial charge in [0, 0.05) is 36.8 Å². The van der Waals surface area contributed by atoms with E-state index in [0.717, 1.165) is 11.3 Å². The minimum atomic E-state index is -1.10. The van der Waals surface area contributed by atoms with Crippen molar-refractivity contribution in [1.29, 1.82) is 0 Å². The van der Waals surface area contributed by atoms with Crippen LogP contribution in [0.4, 0.5) is 11.4 Å². The van der Waals surface area contributed by atoms with E-state index in [9.17, 15) is 14.4 Å². The van der Waals surface area contributed by atoms with E-state index in [4.69, 9.17) is 9.84 Å². The van der Waals surface area contributed by atoms with E-state index in [1.165, 1.54) is 25.3 Å². The minimum absolute atomic E-state index is 0.00832.